The number of aryl methyl sites for hydroxylation is 1. The maximum atomic E-state index is 13.0. The molecule has 0 saturated heterocycles. The fourth-order valence-electron chi connectivity index (χ4n) is 3.55. The molecule has 0 fully saturated rings. The second kappa shape index (κ2) is 11.5. The number of Topliss-reactive ketones (excluding diaryl/α,β-unsaturated/α-hetero) is 1. The van der Waals surface area contributed by atoms with Gasteiger partial charge in [0.1, 0.15) is 0 Å². The maximum Gasteiger partial charge on any atom is 0.340 e. The summed E-state index contributed by atoms with van der Waals surface area (Å²) in [6, 6.07) is 10.1. The number of hydrogen-bond donors (Lipinski definition) is 2. The second-order valence-electron chi connectivity index (χ2n) is 8.01. The molecule has 3 rings (SSSR count). The Balaban J connectivity index is 1.81. The van der Waals surface area contributed by atoms with Crippen LogP contribution >= 0.6 is 27.5 Å². The minimum atomic E-state index is -4.05. The number of nitrogens with one attached hydrogen (secondary N) is 2. The lowest BCUT2D eigenvalue weighted by Crippen LogP contribution is -2.25. The lowest BCUT2D eigenvalue weighted by atomic mass is 10.1. The van der Waals surface area contributed by atoms with Crippen molar-refractivity contribution in [3.05, 3.63) is 80.0 Å². The number of benzene rings is 2. The Hall–Kier alpha value is -3.15. The topological polar surface area (TPSA) is 132 Å². The third-order valence-corrected chi connectivity index (χ3v) is 7.62. The Bertz CT molecular complexity index is 1470. The number of carbonyl (C=O) groups excluding carboxylic acids is 3. The minimum Gasteiger partial charge on any atom is -0.462 e. The SMILES string of the molecule is CCOC(=O)c1c(C)[nH]c(C(=O)[C@@H](C)OC(=O)c2cc(S(=O)(=O)Nc3ccc(Br)cc3)ccc2Cl)c1C. The molecule has 2 aromatic carbocycles. The molecule has 0 bridgehead atoms. The summed E-state index contributed by atoms with van der Waals surface area (Å²) < 4.78 is 39.2. The van der Waals surface area contributed by atoms with Gasteiger partial charge in [-0.05, 0) is 75.7 Å². The van der Waals surface area contributed by atoms with Crippen molar-refractivity contribution < 1.29 is 32.3 Å². The zero-order valence-electron chi connectivity index (χ0n) is 20.3. The number of anilines is 1. The van der Waals surface area contributed by atoms with Crippen molar-refractivity contribution in [2.45, 2.75) is 38.7 Å². The molecule has 1 atom stereocenters. The average molecular weight is 612 g/mol. The third kappa shape index (κ3) is 6.41. The summed E-state index contributed by atoms with van der Waals surface area (Å²) in [6.07, 6.45) is -1.27. The highest BCUT2D eigenvalue weighted by atomic mass is 79.9. The zero-order valence-corrected chi connectivity index (χ0v) is 23.5. The van der Waals surface area contributed by atoms with Crippen molar-refractivity contribution in [2.75, 3.05) is 11.3 Å². The van der Waals surface area contributed by atoms with E-state index in [0.29, 0.717) is 16.9 Å². The first-order valence-corrected chi connectivity index (χ1v) is 13.7. The number of H-pyrrole nitrogens is 1. The van der Waals surface area contributed by atoms with Crippen molar-refractivity contribution >= 4 is 61.0 Å². The zero-order chi connectivity index (χ0) is 27.5. The van der Waals surface area contributed by atoms with Gasteiger partial charge in [-0.3, -0.25) is 9.52 Å². The molecule has 12 heteroatoms. The van der Waals surface area contributed by atoms with Gasteiger partial charge < -0.3 is 14.5 Å². The Morgan fingerprint density at radius 1 is 1.08 bits per heavy atom. The van der Waals surface area contributed by atoms with E-state index in [1.54, 1.807) is 45.0 Å². The molecule has 0 aliphatic rings. The van der Waals surface area contributed by atoms with E-state index in [2.05, 4.69) is 25.6 Å². The fraction of sp³-hybridized carbons (Fsp3) is 0.240. The van der Waals surface area contributed by atoms with Gasteiger partial charge in [0.05, 0.1) is 33.3 Å². The molecule has 3 aromatic rings. The van der Waals surface area contributed by atoms with Gasteiger partial charge in [0.2, 0.25) is 5.78 Å². The van der Waals surface area contributed by atoms with Crippen LogP contribution in [0, 0.1) is 13.8 Å². The first-order valence-electron chi connectivity index (χ1n) is 11.0. The summed E-state index contributed by atoms with van der Waals surface area (Å²) in [5.41, 5.74) is 1.24. The Labute approximate surface area is 227 Å². The molecule has 0 unspecified atom stereocenters. The van der Waals surface area contributed by atoms with E-state index >= 15 is 0 Å². The van der Waals surface area contributed by atoms with Gasteiger partial charge in [0.15, 0.2) is 6.10 Å². The van der Waals surface area contributed by atoms with Crippen LogP contribution in [0.3, 0.4) is 0 Å². The van der Waals surface area contributed by atoms with Crippen LogP contribution in [-0.4, -0.2) is 43.8 Å². The van der Waals surface area contributed by atoms with E-state index in [0.717, 1.165) is 10.5 Å². The number of carbonyl (C=O) groups is 3. The monoisotopic (exact) mass is 610 g/mol. The van der Waals surface area contributed by atoms with Crippen LogP contribution in [0.5, 0.6) is 0 Å². The largest absolute Gasteiger partial charge is 0.462 e. The van der Waals surface area contributed by atoms with Crippen molar-refractivity contribution in [2.24, 2.45) is 0 Å². The van der Waals surface area contributed by atoms with Gasteiger partial charge in [-0.15, -0.1) is 0 Å². The molecule has 0 saturated carbocycles. The average Bonchev–Trinajstić information content (AvgIpc) is 3.13. The van der Waals surface area contributed by atoms with Crippen molar-refractivity contribution in [3.8, 4) is 0 Å². The predicted octanol–water partition coefficient (Wildman–Crippen LogP) is 5.45. The van der Waals surface area contributed by atoms with Crippen LogP contribution in [-0.2, 0) is 19.5 Å². The Morgan fingerprint density at radius 3 is 2.35 bits per heavy atom. The van der Waals surface area contributed by atoms with Crippen LogP contribution in [0.4, 0.5) is 5.69 Å². The van der Waals surface area contributed by atoms with Gasteiger partial charge >= 0.3 is 11.9 Å². The van der Waals surface area contributed by atoms with Crippen LogP contribution < -0.4 is 4.72 Å². The van der Waals surface area contributed by atoms with Gasteiger partial charge in [-0.25, -0.2) is 18.0 Å². The summed E-state index contributed by atoms with van der Waals surface area (Å²) in [4.78, 5) is 40.7. The lowest BCUT2D eigenvalue weighted by Gasteiger charge is -2.14. The first kappa shape index (κ1) is 28.4. The lowest BCUT2D eigenvalue weighted by molar-refractivity contribution is 0.0316. The highest BCUT2D eigenvalue weighted by Crippen LogP contribution is 2.25. The normalized spacial score (nSPS) is 12.1. The molecule has 2 N–H and O–H groups in total. The molecular weight excluding hydrogens is 588 g/mol. The van der Waals surface area contributed by atoms with E-state index in [1.807, 2.05) is 0 Å². The molecule has 1 aromatic heterocycles. The summed E-state index contributed by atoms with van der Waals surface area (Å²) in [7, 11) is -4.05. The third-order valence-electron chi connectivity index (χ3n) is 5.38. The number of aromatic nitrogens is 1. The maximum absolute atomic E-state index is 13.0. The highest BCUT2D eigenvalue weighted by molar-refractivity contribution is 9.10. The van der Waals surface area contributed by atoms with Crippen molar-refractivity contribution in [1.29, 1.82) is 0 Å². The molecule has 1 heterocycles. The molecule has 0 aliphatic heterocycles. The number of rotatable bonds is 9. The number of esters is 2. The number of ketones is 1. The van der Waals surface area contributed by atoms with Crippen LogP contribution in [0.2, 0.25) is 5.02 Å². The van der Waals surface area contributed by atoms with E-state index in [9.17, 15) is 22.8 Å². The summed E-state index contributed by atoms with van der Waals surface area (Å²) in [5.74, 6) is -2.14. The standard InChI is InChI=1S/C25H24BrClN2O7S/c1-5-35-25(32)21-13(2)22(28-14(21)3)23(30)15(4)36-24(31)19-12-18(10-11-20(19)27)37(33,34)29-17-8-6-16(26)7-9-17/h6-12,15,28-29H,5H2,1-4H3/t15-/m1/s1. The van der Waals surface area contributed by atoms with E-state index in [1.165, 1.54) is 19.1 Å². The smallest absolute Gasteiger partial charge is 0.340 e. The quantitative estimate of drug-likeness (QED) is 0.243. The van der Waals surface area contributed by atoms with Gasteiger partial charge in [-0.2, -0.15) is 0 Å². The number of halogens is 2. The molecule has 37 heavy (non-hydrogen) atoms. The van der Waals surface area contributed by atoms with E-state index in [4.69, 9.17) is 21.1 Å². The first-order chi connectivity index (χ1) is 17.4. The molecule has 196 valence electrons. The predicted molar refractivity (Wildman–Crippen MR) is 142 cm³/mol. The molecule has 0 radical (unpaired) electrons. The Kier molecular flexibility index (Phi) is 8.83. The Morgan fingerprint density at radius 2 is 1.73 bits per heavy atom. The van der Waals surface area contributed by atoms with E-state index in [-0.39, 0.29) is 33.3 Å². The van der Waals surface area contributed by atoms with E-state index < -0.39 is 33.8 Å². The van der Waals surface area contributed by atoms with Gasteiger partial charge in [0, 0.05) is 15.9 Å². The molecule has 0 amide bonds. The minimum absolute atomic E-state index is 0.0521. The van der Waals surface area contributed by atoms with Crippen molar-refractivity contribution in [1.82, 2.24) is 4.98 Å². The number of sulfonamides is 1. The molecular formula is C25H24BrClN2O7S. The number of hydrogen-bond acceptors (Lipinski definition) is 7. The number of ether oxygens (including phenoxy) is 2. The van der Waals surface area contributed by atoms with Gasteiger partial charge in [0.25, 0.3) is 10.0 Å². The summed E-state index contributed by atoms with van der Waals surface area (Å²) in [6.45, 7) is 6.42. The summed E-state index contributed by atoms with van der Waals surface area (Å²) >= 11 is 9.43. The molecule has 0 spiro atoms. The van der Waals surface area contributed by atoms with Crippen LogP contribution in [0.1, 0.15) is 56.3 Å². The fourth-order valence-corrected chi connectivity index (χ4v) is 5.09. The van der Waals surface area contributed by atoms with Crippen molar-refractivity contribution in [3.63, 3.8) is 0 Å². The number of aromatic amines is 1. The summed E-state index contributed by atoms with van der Waals surface area (Å²) in [5, 5.41) is -0.0521. The second-order valence-corrected chi connectivity index (χ2v) is 11.0. The highest BCUT2D eigenvalue weighted by Gasteiger charge is 2.29. The van der Waals surface area contributed by atoms with Gasteiger partial charge in [-0.1, -0.05) is 27.5 Å². The van der Waals surface area contributed by atoms with Crippen LogP contribution in [0.25, 0.3) is 0 Å². The molecule has 9 nitrogen and oxygen atoms in total. The molecule has 0 aliphatic carbocycles. The van der Waals surface area contributed by atoms with Crippen LogP contribution in [0.15, 0.2) is 51.8 Å².